The summed E-state index contributed by atoms with van der Waals surface area (Å²) in [4.78, 5) is 26.1. The smallest absolute Gasteiger partial charge is 0.444 e. The molecule has 0 saturated carbocycles. The number of hydrogen-bond acceptors (Lipinski definition) is 6. The normalized spacial score (nSPS) is 18.1. The third kappa shape index (κ3) is 7.44. The molecule has 1 aromatic rings. The molecule has 1 aliphatic heterocycles. The minimum atomic E-state index is -6.00. The summed E-state index contributed by atoms with van der Waals surface area (Å²) in [6.07, 6.45) is -2.61. The molecule has 33 heavy (non-hydrogen) atoms. The number of alkyl carbamates (subject to hydrolysis) is 1. The van der Waals surface area contributed by atoms with Crippen LogP contribution in [0.3, 0.4) is 0 Å². The second kappa shape index (κ2) is 9.69. The van der Waals surface area contributed by atoms with Gasteiger partial charge in [-0.1, -0.05) is 6.07 Å². The molecular formula is C19H23F5N2O6S. The van der Waals surface area contributed by atoms with E-state index >= 15 is 0 Å². The summed E-state index contributed by atoms with van der Waals surface area (Å²) >= 11 is 0. The minimum absolute atomic E-state index is 0.0804. The summed E-state index contributed by atoms with van der Waals surface area (Å²) < 4.78 is 96.5. The number of amides is 2. The van der Waals surface area contributed by atoms with Gasteiger partial charge in [0.2, 0.25) is 5.91 Å². The Balaban J connectivity index is 2.24. The van der Waals surface area contributed by atoms with E-state index in [-0.39, 0.29) is 25.1 Å². The lowest BCUT2D eigenvalue weighted by Crippen LogP contribution is -2.50. The second-order valence-electron chi connectivity index (χ2n) is 8.31. The number of carbonyl (C=O) groups excluding carboxylic acids is 2. The van der Waals surface area contributed by atoms with E-state index in [1.165, 1.54) is 0 Å². The molecule has 1 N–H and O–H groups in total. The number of ether oxygens (including phenoxy) is 1. The molecule has 1 aromatic carbocycles. The second-order valence-corrected chi connectivity index (χ2v) is 9.85. The van der Waals surface area contributed by atoms with Gasteiger partial charge in [0.1, 0.15) is 29.4 Å². The van der Waals surface area contributed by atoms with Gasteiger partial charge in [0.15, 0.2) is 0 Å². The Kier molecular flexibility index (Phi) is 7.82. The first-order valence-electron chi connectivity index (χ1n) is 9.70. The zero-order valence-electron chi connectivity index (χ0n) is 17.9. The predicted molar refractivity (Wildman–Crippen MR) is 105 cm³/mol. The molecule has 0 spiro atoms. The first-order valence-corrected chi connectivity index (χ1v) is 11.1. The summed E-state index contributed by atoms with van der Waals surface area (Å²) in [7, 11) is -6.00. The molecule has 1 saturated heterocycles. The van der Waals surface area contributed by atoms with E-state index < -0.39 is 63.4 Å². The summed E-state index contributed by atoms with van der Waals surface area (Å²) in [6, 6.07) is 0.700. The fourth-order valence-corrected chi connectivity index (χ4v) is 3.38. The van der Waals surface area contributed by atoms with Gasteiger partial charge in [-0.15, -0.1) is 0 Å². The average molecular weight is 502 g/mol. The van der Waals surface area contributed by atoms with Crippen LogP contribution in [0.2, 0.25) is 0 Å². The minimum Gasteiger partial charge on any atom is -0.444 e. The van der Waals surface area contributed by atoms with E-state index in [9.17, 15) is 40.0 Å². The van der Waals surface area contributed by atoms with Crippen LogP contribution in [-0.2, 0) is 26.1 Å². The predicted octanol–water partition coefficient (Wildman–Crippen LogP) is 3.06. The molecule has 2 amide bonds. The molecule has 0 radical (unpaired) electrons. The highest BCUT2D eigenvalue weighted by atomic mass is 32.2. The maximum atomic E-state index is 14.5. The Labute approximate surface area is 187 Å². The number of alkyl halides is 4. The molecule has 0 bridgehead atoms. The van der Waals surface area contributed by atoms with Gasteiger partial charge in [-0.3, -0.25) is 4.79 Å². The first-order chi connectivity index (χ1) is 15.0. The molecule has 2 rings (SSSR count). The van der Waals surface area contributed by atoms with Gasteiger partial charge in [0, 0.05) is 19.0 Å². The van der Waals surface area contributed by atoms with Gasteiger partial charge >= 0.3 is 21.7 Å². The third-order valence-corrected chi connectivity index (χ3v) is 5.35. The number of benzene rings is 1. The maximum absolute atomic E-state index is 14.5. The van der Waals surface area contributed by atoms with Crippen molar-refractivity contribution in [3.05, 3.63) is 29.6 Å². The fraction of sp³-hybridized carbons (Fsp3) is 0.579. The molecule has 0 unspecified atom stereocenters. The zero-order chi connectivity index (χ0) is 25.2. The highest BCUT2D eigenvalue weighted by Crippen LogP contribution is 2.28. The van der Waals surface area contributed by atoms with Gasteiger partial charge in [-0.25, -0.2) is 13.6 Å². The molecule has 14 heteroatoms. The molecule has 186 valence electrons. The molecule has 1 fully saturated rings. The number of nitrogens with one attached hydrogen (secondary N) is 1. The molecule has 1 heterocycles. The van der Waals surface area contributed by atoms with Crippen LogP contribution in [0.4, 0.5) is 26.7 Å². The van der Waals surface area contributed by atoms with Crippen molar-refractivity contribution in [2.45, 2.75) is 56.9 Å². The molecule has 8 nitrogen and oxygen atoms in total. The topological polar surface area (TPSA) is 102 Å². The van der Waals surface area contributed by atoms with Gasteiger partial charge in [0.25, 0.3) is 0 Å². The van der Waals surface area contributed by atoms with Crippen LogP contribution in [0.25, 0.3) is 0 Å². The Bertz CT molecular complexity index is 993. The summed E-state index contributed by atoms with van der Waals surface area (Å²) in [6.45, 7) is 4.59. The van der Waals surface area contributed by atoms with E-state index in [1.54, 1.807) is 20.8 Å². The zero-order valence-corrected chi connectivity index (χ0v) is 18.7. The Morgan fingerprint density at radius 2 is 1.88 bits per heavy atom. The lowest BCUT2D eigenvalue weighted by Gasteiger charge is -2.26. The van der Waals surface area contributed by atoms with Gasteiger partial charge in [0.05, 0.1) is 6.54 Å². The number of hydrogen-bond donors (Lipinski definition) is 1. The number of nitrogens with zero attached hydrogens (tertiary/aromatic N) is 1. The molecule has 1 aliphatic rings. The van der Waals surface area contributed by atoms with Crippen LogP contribution in [0.5, 0.6) is 5.75 Å². The fourth-order valence-electron chi connectivity index (χ4n) is 2.93. The van der Waals surface area contributed by atoms with Crippen LogP contribution in [0.15, 0.2) is 18.2 Å². The van der Waals surface area contributed by atoms with Crippen molar-refractivity contribution in [3.8, 4) is 5.75 Å². The Morgan fingerprint density at radius 1 is 1.24 bits per heavy atom. The van der Waals surface area contributed by atoms with Crippen LogP contribution in [-0.4, -0.2) is 61.7 Å². The van der Waals surface area contributed by atoms with Crippen molar-refractivity contribution >= 4 is 22.1 Å². The van der Waals surface area contributed by atoms with E-state index in [0.717, 1.165) is 17.0 Å². The van der Waals surface area contributed by atoms with Crippen LogP contribution in [0.1, 0.15) is 32.8 Å². The lowest BCUT2D eigenvalue weighted by molar-refractivity contribution is -0.132. The van der Waals surface area contributed by atoms with Crippen molar-refractivity contribution in [2.24, 2.45) is 0 Å². The quantitative estimate of drug-likeness (QED) is 0.365. The van der Waals surface area contributed by atoms with Gasteiger partial charge in [-0.05, 0) is 38.8 Å². The largest absolute Gasteiger partial charge is 0.534 e. The van der Waals surface area contributed by atoms with E-state index in [0.29, 0.717) is 6.07 Å². The van der Waals surface area contributed by atoms with Gasteiger partial charge < -0.3 is 19.1 Å². The highest BCUT2D eigenvalue weighted by Gasteiger charge is 2.48. The summed E-state index contributed by atoms with van der Waals surface area (Å²) in [5, 5.41) is 2.30. The number of halogens is 5. The van der Waals surface area contributed by atoms with E-state index in [2.05, 4.69) is 9.50 Å². The van der Waals surface area contributed by atoms with Crippen LogP contribution >= 0.6 is 0 Å². The van der Waals surface area contributed by atoms with Crippen molar-refractivity contribution in [3.63, 3.8) is 0 Å². The Morgan fingerprint density at radius 3 is 2.36 bits per heavy atom. The van der Waals surface area contributed by atoms with Crippen LogP contribution in [0, 0.1) is 5.82 Å². The number of rotatable bonds is 6. The maximum Gasteiger partial charge on any atom is 0.534 e. The van der Waals surface area contributed by atoms with E-state index in [1.807, 2.05) is 0 Å². The highest BCUT2D eigenvalue weighted by molar-refractivity contribution is 7.88. The standard InChI is InChI=1S/C19H23F5N2O6S/c1-18(2,3)31-17(28)25-15(16(27)26-7-6-12(20)10-26)8-11-4-5-13(9-14(11)21)32-33(29,30)19(22,23)24/h4-5,9,12,15H,6-8,10H2,1-3H3,(H,25,28)/t12-,15-/m0/s1. The SMILES string of the molecule is CC(C)(C)OC(=O)N[C@@H](Cc1ccc(OS(=O)(=O)C(F)(F)F)cc1F)C(=O)N1CC[C@H](F)C1. The monoisotopic (exact) mass is 502 g/mol. The van der Waals surface area contributed by atoms with Gasteiger partial charge in [-0.2, -0.15) is 21.6 Å². The third-order valence-electron chi connectivity index (χ3n) is 4.37. The molecule has 0 aromatic heterocycles. The molecular weight excluding hydrogens is 479 g/mol. The summed E-state index contributed by atoms with van der Waals surface area (Å²) in [5.74, 6) is -2.82. The van der Waals surface area contributed by atoms with Crippen LogP contribution < -0.4 is 9.50 Å². The Hall–Kier alpha value is -2.64. The summed E-state index contributed by atoms with van der Waals surface area (Å²) in [5.41, 5.74) is -6.86. The van der Waals surface area contributed by atoms with E-state index in [4.69, 9.17) is 4.74 Å². The molecule has 2 atom stereocenters. The number of likely N-dealkylation sites (tertiary alicyclic amines) is 1. The van der Waals surface area contributed by atoms with Crippen molar-refractivity contribution in [2.75, 3.05) is 13.1 Å². The first kappa shape index (κ1) is 26.6. The lowest BCUT2D eigenvalue weighted by atomic mass is 10.0. The van der Waals surface area contributed by atoms with Crippen molar-refractivity contribution in [1.82, 2.24) is 10.2 Å². The average Bonchev–Trinajstić information content (AvgIpc) is 3.06. The van der Waals surface area contributed by atoms with Crippen molar-refractivity contribution < 1.29 is 48.9 Å². The van der Waals surface area contributed by atoms with Crippen molar-refractivity contribution in [1.29, 1.82) is 0 Å². The number of carbonyl (C=O) groups is 2. The molecule has 0 aliphatic carbocycles.